The van der Waals surface area contributed by atoms with E-state index in [1.807, 2.05) is 0 Å². The number of carboxylic acids is 1. The van der Waals surface area contributed by atoms with Crippen molar-refractivity contribution in [3.63, 3.8) is 0 Å². The Hall–Kier alpha value is -1.98. The second kappa shape index (κ2) is 5.34. The van der Waals surface area contributed by atoms with Crippen LogP contribution in [0.3, 0.4) is 0 Å². The van der Waals surface area contributed by atoms with Gasteiger partial charge in [-0.3, -0.25) is 9.59 Å². The molecule has 1 saturated carbocycles. The summed E-state index contributed by atoms with van der Waals surface area (Å²) in [4.78, 5) is 22.2. The van der Waals surface area contributed by atoms with E-state index in [9.17, 15) is 18.4 Å². The molecule has 0 aromatic heterocycles. The van der Waals surface area contributed by atoms with Crippen LogP contribution in [0.25, 0.3) is 0 Å². The van der Waals surface area contributed by atoms with E-state index < -0.39 is 29.4 Å². The summed E-state index contributed by atoms with van der Waals surface area (Å²) in [6.07, 6.45) is 0.511. The monoisotopic (exact) mass is 269 g/mol. The van der Waals surface area contributed by atoms with Crippen LogP contribution in [0.4, 0.5) is 8.78 Å². The molecule has 6 heteroatoms. The van der Waals surface area contributed by atoms with E-state index in [0.29, 0.717) is 12.8 Å². The van der Waals surface area contributed by atoms with Gasteiger partial charge in [0.25, 0.3) is 0 Å². The standard InChI is InChI=1S/C13H13F2NO3/c14-10-3-1-2-7(12(10)15)6-11(17)16-9-4-8(5-9)13(18)19/h1-3,8-9H,4-6H2,(H,16,17)(H,18,19). The van der Waals surface area contributed by atoms with Gasteiger partial charge in [0, 0.05) is 11.6 Å². The average molecular weight is 269 g/mol. The van der Waals surface area contributed by atoms with Crippen molar-refractivity contribution < 1.29 is 23.5 Å². The molecule has 1 aromatic rings. The SMILES string of the molecule is O=C(Cc1cccc(F)c1F)NC1CC(C(=O)O)C1. The lowest BCUT2D eigenvalue weighted by Crippen LogP contribution is -2.47. The largest absolute Gasteiger partial charge is 0.481 e. The van der Waals surface area contributed by atoms with Crippen LogP contribution in [0.2, 0.25) is 0 Å². The Morgan fingerprint density at radius 1 is 1.32 bits per heavy atom. The van der Waals surface area contributed by atoms with Crippen molar-refractivity contribution >= 4 is 11.9 Å². The van der Waals surface area contributed by atoms with Crippen molar-refractivity contribution in [1.82, 2.24) is 5.32 Å². The topological polar surface area (TPSA) is 66.4 Å². The summed E-state index contributed by atoms with van der Waals surface area (Å²) in [5.41, 5.74) is -0.00777. The van der Waals surface area contributed by atoms with Crippen molar-refractivity contribution in [3.05, 3.63) is 35.4 Å². The number of hydrogen-bond acceptors (Lipinski definition) is 2. The zero-order valence-corrected chi connectivity index (χ0v) is 10.0. The predicted octanol–water partition coefficient (Wildman–Crippen LogP) is 1.49. The number of rotatable bonds is 4. The molecule has 1 aliphatic carbocycles. The number of amides is 1. The first kappa shape index (κ1) is 13.5. The Balaban J connectivity index is 1.86. The second-order valence-corrected chi connectivity index (χ2v) is 4.66. The molecule has 0 heterocycles. The number of carboxylic acid groups (broad SMARTS) is 1. The minimum atomic E-state index is -1.02. The molecule has 1 aliphatic rings. The van der Waals surface area contributed by atoms with Crippen molar-refractivity contribution in [2.24, 2.45) is 5.92 Å². The van der Waals surface area contributed by atoms with Gasteiger partial charge in [0.15, 0.2) is 11.6 Å². The van der Waals surface area contributed by atoms with E-state index >= 15 is 0 Å². The summed E-state index contributed by atoms with van der Waals surface area (Å²) in [6.45, 7) is 0. The Morgan fingerprint density at radius 2 is 2.00 bits per heavy atom. The smallest absolute Gasteiger partial charge is 0.306 e. The third kappa shape index (κ3) is 3.07. The minimum Gasteiger partial charge on any atom is -0.481 e. The molecule has 0 unspecified atom stereocenters. The number of carbonyl (C=O) groups is 2. The van der Waals surface area contributed by atoms with Gasteiger partial charge in [0.1, 0.15) is 0 Å². The molecule has 1 amide bonds. The molecule has 2 N–H and O–H groups in total. The summed E-state index contributed by atoms with van der Waals surface area (Å²) in [5, 5.41) is 11.3. The van der Waals surface area contributed by atoms with Crippen molar-refractivity contribution in [3.8, 4) is 0 Å². The molecule has 0 bridgehead atoms. The molecule has 0 aliphatic heterocycles. The summed E-state index contributed by atoms with van der Waals surface area (Å²) in [7, 11) is 0. The lowest BCUT2D eigenvalue weighted by molar-refractivity contribution is -0.146. The fraction of sp³-hybridized carbons (Fsp3) is 0.385. The van der Waals surface area contributed by atoms with Gasteiger partial charge in [-0.05, 0) is 18.9 Å². The van der Waals surface area contributed by atoms with Crippen LogP contribution in [0.1, 0.15) is 18.4 Å². The Bertz CT molecular complexity index is 513. The Kier molecular flexibility index (Phi) is 3.78. The van der Waals surface area contributed by atoms with Gasteiger partial charge in [-0.2, -0.15) is 0 Å². The number of halogens is 2. The third-order valence-corrected chi connectivity index (χ3v) is 3.24. The van der Waals surface area contributed by atoms with Crippen LogP contribution >= 0.6 is 0 Å². The number of nitrogens with one attached hydrogen (secondary N) is 1. The highest BCUT2D eigenvalue weighted by Gasteiger charge is 2.35. The molecular formula is C13H13F2NO3. The van der Waals surface area contributed by atoms with Gasteiger partial charge in [0.2, 0.25) is 5.91 Å². The molecule has 1 aromatic carbocycles. The third-order valence-electron chi connectivity index (χ3n) is 3.24. The summed E-state index contributed by atoms with van der Waals surface area (Å²) < 4.78 is 26.3. The lowest BCUT2D eigenvalue weighted by Gasteiger charge is -2.32. The second-order valence-electron chi connectivity index (χ2n) is 4.66. The minimum absolute atomic E-state index is 0.00777. The molecule has 0 radical (unpaired) electrons. The molecule has 0 spiro atoms. The Morgan fingerprint density at radius 3 is 2.63 bits per heavy atom. The number of aliphatic carboxylic acids is 1. The molecule has 2 rings (SSSR count). The van der Waals surface area contributed by atoms with Crippen LogP contribution in [0, 0.1) is 17.6 Å². The first-order chi connectivity index (χ1) is 8.97. The van der Waals surface area contributed by atoms with Crippen molar-refractivity contribution in [1.29, 1.82) is 0 Å². The number of carbonyl (C=O) groups excluding carboxylic acids is 1. The highest BCUT2D eigenvalue weighted by atomic mass is 19.2. The molecular weight excluding hydrogens is 256 g/mol. The van der Waals surface area contributed by atoms with Crippen LogP contribution in [0.15, 0.2) is 18.2 Å². The molecule has 0 saturated heterocycles. The van der Waals surface area contributed by atoms with E-state index in [-0.39, 0.29) is 18.0 Å². The van der Waals surface area contributed by atoms with Gasteiger partial charge in [-0.25, -0.2) is 8.78 Å². The number of hydrogen-bond donors (Lipinski definition) is 2. The fourth-order valence-electron chi connectivity index (χ4n) is 2.07. The predicted molar refractivity (Wildman–Crippen MR) is 62.4 cm³/mol. The molecule has 19 heavy (non-hydrogen) atoms. The first-order valence-electron chi connectivity index (χ1n) is 5.92. The number of benzene rings is 1. The van der Waals surface area contributed by atoms with E-state index in [0.717, 1.165) is 6.07 Å². The van der Waals surface area contributed by atoms with Gasteiger partial charge < -0.3 is 10.4 Å². The van der Waals surface area contributed by atoms with Crippen LogP contribution < -0.4 is 5.32 Å². The lowest BCUT2D eigenvalue weighted by atomic mass is 9.80. The Labute approximate surface area is 108 Å². The van der Waals surface area contributed by atoms with E-state index in [4.69, 9.17) is 5.11 Å². The molecule has 1 fully saturated rings. The zero-order valence-electron chi connectivity index (χ0n) is 10.0. The maximum Gasteiger partial charge on any atom is 0.306 e. The summed E-state index contributed by atoms with van der Waals surface area (Å²) in [5.74, 6) is -3.73. The first-order valence-corrected chi connectivity index (χ1v) is 5.92. The van der Waals surface area contributed by atoms with Gasteiger partial charge in [-0.15, -0.1) is 0 Å². The highest BCUT2D eigenvalue weighted by molar-refractivity contribution is 5.79. The van der Waals surface area contributed by atoms with Gasteiger partial charge >= 0.3 is 5.97 Å². The molecule has 4 nitrogen and oxygen atoms in total. The van der Waals surface area contributed by atoms with Crippen LogP contribution in [-0.2, 0) is 16.0 Å². The quantitative estimate of drug-likeness (QED) is 0.870. The van der Waals surface area contributed by atoms with E-state index in [1.165, 1.54) is 12.1 Å². The summed E-state index contributed by atoms with van der Waals surface area (Å²) >= 11 is 0. The van der Waals surface area contributed by atoms with E-state index in [1.54, 1.807) is 0 Å². The summed E-state index contributed by atoms with van der Waals surface area (Å²) in [6, 6.07) is 3.48. The van der Waals surface area contributed by atoms with Crippen molar-refractivity contribution in [2.75, 3.05) is 0 Å². The maximum atomic E-state index is 13.3. The van der Waals surface area contributed by atoms with Crippen LogP contribution in [-0.4, -0.2) is 23.0 Å². The maximum absolute atomic E-state index is 13.3. The highest BCUT2D eigenvalue weighted by Crippen LogP contribution is 2.27. The van der Waals surface area contributed by atoms with E-state index in [2.05, 4.69) is 5.32 Å². The molecule has 102 valence electrons. The normalized spacial score (nSPS) is 21.6. The zero-order chi connectivity index (χ0) is 14.0. The van der Waals surface area contributed by atoms with Gasteiger partial charge in [0.05, 0.1) is 12.3 Å². The van der Waals surface area contributed by atoms with Crippen molar-refractivity contribution in [2.45, 2.75) is 25.3 Å². The van der Waals surface area contributed by atoms with Crippen LogP contribution in [0.5, 0.6) is 0 Å². The van der Waals surface area contributed by atoms with Gasteiger partial charge in [-0.1, -0.05) is 12.1 Å². The molecule has 0 atom stereocenters. The average Bonchev–Trinajstić information content (AvgIpc) is 2.28. The fourth-order valence-corrected chi connectivity index (χ4v) is 2.07.